The van der Waals surface area contributed by atoms with Gasteiger partial charge in [-0.1, -0.05) is 50.2 Å². The first kappa shape index (κ1) is 20.4. The van der Waals surface area contributed by atoms with Gasteiger partial charge < -0.3 is 15.3 Å². The first-order valence-electron chi connectivity index (χ1n) is 9.25. The highest BCUT2D eigenvalue weighted by Crippen LogP contribution is 2.36. The summed E-state index contributed by atoms with van der Waals surface area (Å²) in [6.45, 7) is 9.63. The van der Waals surface area contributed by atoms with Crippen LogP contribution in [0.4, 0.5) is 0 Å². The molecular formula is C24H28O3. The molecule has 0 bridgehead atoms. The molecule has 3 aromatic rings. The molecule has 0 radical (unpaired) electrons. The molecule has 3 aromatic carbocycles. The number of rotatable bonds is 3. The number of aromatic hydroxyl groups is 3. The van der Waals surface area contributed by atoms with Gasteiger partial charge in [0.05, 0.1) is 0 Å². The number of phenolic OH excluding ortho intramolecular Hbond substituents is 3. The van der Waals surface area contributed by atoms with Gasteiger partial charge in [-0.05, 0) is 72.4 Å². The molecule has 3 N–H and O–H groups in total. The lowest BCUT2D eigenvalue weighted by Crippen LogP contribution is -2.04. The summed E-state index contributed by atoms with van der Waals surface area (Å²) in [5.74, 6) is 0.752. The maximum Gasteiger partial charge on any atom is 0.118 e. The Bertz CT molecular complexity index is 806. The quantitative estimate of drug-likeness (QED) is 0.504. The second kappa shape index (κ2) is 8.63. The number of phenols is 3. The Labute approximate surface area is 161 Å². The number of hydrogen-bond acceptors (Lipinski definition) is 3. The second-order valence-corrected chi connectivity index (χ2v) is 6.57. The van der Waals surface area contributed by atoms with Gasteiger partial charge in [-0.15, -0.1) is 0 Å². The minimum absolute atomic E-state index is 0.0575. The van der Waals surface area contributed by atoms with Crippen molar-refractivity contribution in [3.8, 4) is 17.2 Å². The highest BCUT2D eigenvalue weighted by Gasteiger charge is 2.19. The van der Waals surface area contributed by atoms with Gasteiger partial charge in [0.15, 0.2) is 0 Å². The van der Waals surface area contributed by atoms with E-state index in [9.17, 15) is 15.3 Å². The topological polar surface area (TPSA) is 60.7 Å². The molecule has 0 fully saturated rings. The van der Waals surface area contributed by atoms with Gasteiger partial charge in [-0.3, -0.25) is 0 Å². The van der Waals surface area contributed by atoms with Crippen molar-refractivity contribution < 1.29 is 15.3 Å². The minimum atomic E-state index is -0.0575. The van der Waals surface area contributed by atoms with Crippen LogP contribution in [0, 0.1) is 20.8 Å². The predicted molar refractivity (Wildman–Crippen MR) is 111 cm³/mol. The first-order chi connectivity index (χ1) is 12.9. The molecule has 0 aliphatic carbocycles. The van der Waals surface area contributed by atoms with E-state index < -0.39 is 0 Å². The lowest BCUT2D eigenvalue weighted by atomic mass is 9.83. The van der Waals surface area contributed by atoms with E-state index in [0.29, 0.717) is 0 Å². The Hall–Kier alpha value is -2.94. The maximum absolute atomic E-state index is 9.86. The van der Waals surface area contributed by atoms with Crippen LogP contribution in [0.15, 0.2) is 54.6 Å². The van der Waals surface area contributed by atoms with Crippen LogP contribution in [0.5, 0.6) is 17.2 Å². The minimum Gasteiger partial charge on any atom is -0.508 e. The molecule has 0 unspecified atom stereocenters. The van der Waals surface area contributed by atoms with Crippen LogP contribution in [0.25, 0.3) is 0 Å². The molecule has 3 rings (SSSR count). The van der Waals surface area contributed by atoms with E-state index in [1.165, 1.54) is 0 Å². The fourth-order valence-corrected chi connectivity index (χ4v) is 3.15. The summed E-state index contributed by atoms with van der Waals surface area (Å²) < 4.78 is 0. The highest BCUT2D eigenvalue weighted by atomic mass is 16.3. The predicted octanol–water partition coefficient (Wildman–Crippen LogP) is 5.94. The van der Waals surface area contributed by atoms with E-state index >= 15 is 0 Å². The van der Waals surface area contributed by atoms with Crippen LogP contribution >= 0.6 is 0 Å². The Morgan fingerprint density at radius 1 is 0.519 bits per heavy atom. The third kappa shape index (κ3) is 4.43. The van der Waals surface area contributed by atoms with Crippen LogP contribution in [-0.2, 0) is 0 Å². The summed E-state index contributed by atoms with van der Waals surface area (Å²) in [5.41, 5.74) is 5.58. The van der Waals surface area contributed by atoms with Crippen LogP contribution in [-0.4, -0.2) is 15.3 Å². The summed E-state index contributed by atoms with van der Waals surface area (Å²) in [5, 5.41) is 29.6. The average molecular weight is 364 g/mol. The Balaban J connectivity index is 0.00000126. The molecular weight excluding hydrogens is 336 g/mol. The van der Waals surface area contributed by atoms with Crippen molar-refractivity contribution >= 4 is 0 Å². The van der Waals surface area contributed by atoms with E-state index in [0.717, 1.165) is 33.4 Å². The van der Waals surface area contributed by atoms with Crippen molar-refractivity contribution in [2.24, 2.45) is 0 Å². The van der Waals surface area contributed by atoms with Crippen LogP contribution in [0.1, 0.15) is 53.1 Å². The van der Waals surface area contributed by atoms with Gasteiger partial charge in [0.1, 0.15) is 17.2 Å². The summed E-state index contributed by atoms with van der Waals surface area (Å²) >= 11 is 0. The molecule has 0 aromatic heterocycles. The second-order valence-electron chi connectivity index (χ2n) is 6.57. The number of benzene rings is 3. The molecule has 3 heteroatoms. The normalized spacial score (nSPS) is 10.4. The van der Waals surface area contributed by atoms with Crippen LogP contribution in [0.3, 0.4) is 0 Å². The summed E-state index contributed by atoms with van der Waals surface area (Å²) in [6.07, 6.45) is 0. The molecule has 0 aliphatic rings. The van der Waals surface area contributed by atoms with E-state index in [-0.39, 0.29) is 23.2 Å². The molecule has 3 nitrogen and oxygen atoms in total. The van der Waals surface area contributed by atoms with Gasteiger partial charge in [0.25, 0.3) is 0 Å². The molecule has 0 amide bonds. The molecule has 0 heterocycles. The van der Waals surface area contributed by atoms with Crippen molar-refractivity contribution in [2.45, 2.75) is 40.5 Å². The Morgan fingerprint density at radius 2 is 0.778 bits per heavy atom. The smallest absolute Gasteiger partial charge is 0.118 e. The molecule has 142 valence electrons. The van der Waals surface area contributed by atoms with Gasteiger partial charge in [0.2, 0.25) is 0 Å². The number of aryl methyl sites for hydroxylation is 3. The summed E-state index contributed by atoms with van der Waals surface area (Å²) in [4.78, 5) is 0. The van der Waals surface area contributed by atoms with Gasteiger partial charge >= 0.3 is 0 Å². The largest absolute Gasteiger partial charge is 0.508 e. The maximum atomic E-state index is 9.86. The van der Waals surface area contributed by atoms with Gasteiger partial charge in [-0.25, -0.2) is 0 Å². The fourth-order valence-electron chi connectivity index (χ4n) is 3.15. The van der Waals surface area contributed by atoms with E-state index in [4.69, 9.17) is 0 Å². The van der Waals surface area contributed by atoms with Crippen LogP contribution < -0.4 is 0 Å². The lowest BCUT2D eigenvalue weighted by Gasteiger charge is -2.21. The molecule has 27 heavy (non-hydrogen) atoms. The SMILES string of the molecule is CC.Cc1cc(C(c2ccc(O)c(C)c2)c2ccc(O)c(C)c2)ccc1O. The standard InChI is InChI=1S/C22H22O3.C2H6/c1-13-10-16(4-7-19(13)23)22(17-5-8-20(24)14(2)11-17)18-6-9-21(25)15(3)12-18;1-2/h4-12,22-25H,1-3H3;1-2H3. The van der Waals surface area contributed by atoms with E-state index in [2.05, 4.69) is 0 Å². The third-order valence-electron chi connectivity index (χ3n) is 4.66. The zero-order chi connectivity index (χ0) is 20.1. The van der Waals surface area contributed by atoms with Crippen molar-refractivity contribution in [1.29, 1.82) is 0 Å². The Morgan fingerprint density at radius 3 is 1.00 bits per heavy atom. The van der Waals surface area contributed by atoms with Crippen molar-refractivity contribution in [3.05, 3.63) is 88.0 Å². The molecule has 0 aliphatic heterocycles. The monoisotopic (exact) mass is 364 g/mol. The molecule has 0 saturated carbocycles. The fraction of sp³-hybridized carbons (Fsp3) is 0.250. The van der Waals surface area contributed by atoms with Gasteiger partial charge in [0, 0.05) is 5.92 Å². The third-order valence-corrected chi connectivity index (χ3v) is 4.66. The van der Waals surface area contributed by atoms with Crippen LogP contribution in [0.2, 0.25) is 0 Å². The zero-order valence-electron chi connectivity index (χ0n) is 16.6. The van der Waals surface area contributed by atoms with Gasteiger partial charge in [-0.2, -0.15) is 0 Å². The Kier molecular flexibility index (Phi) is 6.51. The first-order valence-corrected chi connectivity index (χ1v) is 9.25. The van der Waals surface area contributed by atoms with E-state index in [1.807, 2.05) is 71.0 Å². The molecule has 0 saturated heterocycles. The zero-order valence-corrected chi connectivity index (χ0v) is 16.6. The molecule has 0 spiro atoms. The van der Waals surface area contributed by atoms with Crippen molar-refractivity contribution in [3.63, 3.8) is 0 Å². The highest BCUT2D eigenvalue weighted by molar-refractivity contribution is 5.50. The number of hydrogen-bond donors (Lipinski definition) is 3. The van der Waals surface area contributed by atoms with E-state index in [1.54, 1.807) is 18.2 Å². The summed E-state index contributed by atoms with van der Waals surface area (Å²) in [7, 11) is 0. The average Bonchev–Trinajstić information content (AvgIpc) is 2.66. The molecule has 0 atom stereocenters. The van der Waals surface area contributed by atoms with Crippen molar-refractivity contribution in [2.75, 3.05) is 0 Å². The lowest BCUT2D eigenvalue weighted by molar-refractivity contribution is 0.470. The summed E-state index contributed by atoms with van der Waals surface area (Å²) in [6, 6.07) is 16.8. The van der Waals surface area contributed by atoms with Crippen molar-refractivity contribution in [1.82, 2.24) is 0 Å².